The third kappa shape index (κ3) is 3.79. The number of carbonyl (C=O) groups excluding carboxylic acids is 1. The fourth-order valence-corrected chi connectivity index (χ4v) is 3.05. The number of hydrogen-bond acceptors (Lipinski definition) is 6. The van der Waals surface area contributed by atoms with Crippen LogP contribution in [0.4, 0.5) is 0 Å². The normalized spacial score (nSPS) is 19.1. The van der Waals surface area contributed by atoms with Gasteiger partial charge in [-0.1, -0.05) is 5.16 Å². The molecule has 0 aromatic carbocycles. The van der Waals surface area contributed by atoms with Gasteiger partial charge in [0.05, 0.1) is 18.4 Å². The van der Waals surface area contributed by atoms with Crippen LogP contribution >= 0.6 is 0 Å². The molecular formula is C16H22N4O3. The van der Waals surface area contributed by atoms with Crippen LogP contribution in [0.15, 0.2) is 27.5 Å². The highest BCUT2D eigenvalue weighted by Crippen LogP contribution is 2.19. The first-order valence-corrected chi connectivity index (χ1v) is 7.94. The molecule has 0 N–H and O–H groups in total. The third-order valence-electron chi connectivity index (χ3n) is 4.34. The molecule has 3 rings (SSSR count). The van der Waals surface area contributed by atoms with E-state index >= 15 is 0 Å². The SMILES string of the molecule is Cc1nc(CN(C)[C@@H]2CCCN(C(=O)c3ccoc3)CC2)no1. The second-order valence-electron chi connectivity index (χ2n) is 6.03. The predicted molar refractivity (Wildman–Crippen MR) is 82.8 cm³/mol. The van der Waals surface area contributed by atoms with E-state index in [1.165, 1.54) is 12.5 Å². The largest absolute Gasteiger partial charge is 0.472 e. The van der Waals surface area contributed by atoms with Crippen molar-refractivity contribution in [3.63, 3.8) is 0 Å². The standard InChI is InChI=1S/C16H22N4O3/c1-12-17-15(18-23-12)10-19(2)14-4-3-7-20(8-5-14)16(21)13-6-9-22-11-13/h6,9,11,14H,3-5,7-8,10H2,1-2H3/t14-/m1/s1. The van der Waals surface area contributed by atoms with Gasteiger partial charge >= 0.3 is 0 Å². The molecule has 124 valence electrons. The van der Waals surface area contributed by atoms with E-state index in [2.05, 4.69) is 22.1 Å². The Hall–Kier alpha value is -2.15. The Balaban J connectivity index is 1.56. The summed E-state index contributed by atoms with van der Waals surface area (Å²) in [7, 11) is 2.07. The highest BCUT2D eigenvalue weighted by atomic mass is 16.5. The summed E-state index contributed by atoms with van der Waals surface area (Å²) in [4.78, 5) is 20.8. The Bertz CT molecular complexity index is 638. The van der Waals surface area contributed by atoms with Gasteiger partial charge in [-0.25, -0.2) is 0 Å². The minimum absolute atomic E-state index is 0.0517. The van der Waals surface area contributed by atoms with Crippen LogP contribution in [-0.4, -0.2) is 52.0 Å². The summed E-state index contributed by atoms with van der Waals surface area (Å²) in [5, 5.41) is 3.95. The Kier molecular flexibility index (Phi) is 4.76. The molecule has 0 spiro atoms. The van der Waals surface area contributed by atoms with Gasteiger partial charge in [-0.05, 0) is 32.4 Å². The molecule has 3 heterocycles. The fourth-order valence-electron chi connectivity index (χ4n) is 3.05. The van der Waals surface area contributed by atoms with Crippen LogP contribution in [-0.2, 0) is 6.54 Å². The van der Waals surface area contributed by atoms with E-state index in [9.17, 15) is 4.79 Å². The van der Waals surface area contributed by atoms with E-state index in [0.717, 1.165) is 32.4 Å². The Labute approximate surface area is 135 Å². The van der Waals surface area contributed by atoms with Gasteiger partial charge in [0.1, 0.15) is 6.26 Å². The molecule has 0 radical (unpaired) electrons. The summed E-state index contributed by atoms with van der Waals surface area (Å²) in [6, 6.07) is 2.13. The molecule has 7 nitrogen and oxygen atoms in total. The van der Waals surface area contributed by atoms with E-state index in [4.69, 9.17) is 8.94 Å². The Morgan fingerprint density at radius 2 is 2.30 bits per heavy atom. The zero-order valence-corrected chi connectivity index (χ0v) is 13.6. The number of aryl methyl sites for hydroxylation is 1. The van der Waals surface area contributed by atoms with Crippen molar-refractivity contribution in [3.05, 3.63) is 35.9 Å². The fraction of sp³-hybridized carbons (Fsp3) is 0.562. The van der Waals surface area contributed by atoms with E-state index in [0.29, 0.717) is 29.9 Å². The van der Waals surface area contributed by atoms with Crippen molar-refractivity contribution < 1.29 is 13.7 Å². The molecule has 1 saturated heterocycles. The molecule has 1 aliphatic rings. The molecule has 23 heavy (non-hydrogen) atoms. The van der Waals surface area contributed by atoms with Crippen LogP contribution in [0.2, 0.25) is 0 Å². The zero-order valence-electron chi connectivity index (χ0n) is 13.6. The lowest BCUT2D eigenvalue weighted by Crippen LogP contribution is -2.35. The van der Waals surface area contributed by atoms with Gasteiger partial charge < -0.3 is 13.8 Å². The Morgan fingerprint density at radius 3 is 3.00 bits per heavy atom. The maximum absolute atomic E-state index is 12.4. The zero-order chi connectivity index (χ0) is 16.2. The van der Waals surface area contributed by atoms with E-state index in [1.54, 1.807) is 13.0 Å². The van der Waals surface area contributed by atoms with Gasteiger partial charge in [-0.15, -0.1) is 0 Å². The van der Waals surface area contributed by atoms with Crippen molar-refractivity contribution in [3.8, 4) is 0 Å². The van der Waals surface area contributed by atoms with Crippen molar-refractivity contribution in [1.82, 2.24) is 19.9 Å². The van der Waals surface area contributed by atoms with Crippen LogP contribution in [0.25, 0.3) is 0 Å². The van der Waals surface area contributed by atoms with Gasteiger partial charge in [0.2, 0.25) is 5.89 Å². The average Bonchev–Trinajstić information content (AvgIpc) is 3.13. The molecule has 7 heteroatoms. The van der Waals surface area contributed by atoms with Gasteiger partial charge in [-0.3, -0.25) is 9.69 Å². The van der Waals surface area contributed by atoms with Crippen LogP contribution in [0.1, 0.15) is 41.3 Å². The molecule has 0 aliphatic carbocycles. The van der Waals surface area contributed by atoms with Crippen LogP contribution < -0.4 is 0 Å². The minimum Gasteiger partial charge on any atom is -0.472 e. The summed E-state index contributed by atoms with van der Waals surface area (Å²) < 4.78 is 10.0. The number of nitrogens with zero attached hydrogens (tertiary/aromatic N) is 4. The molecule has 0 saturated carbocycles. The molecule has 0 bridgehead atoms. The van der Waals surface area contributed by atoms with Crippen molar-refractivity contribution in [1.29, 1.82) is 0 Å². The maximum atomic E-state index is 12.4. The van der Waals surface area contributed by atoms with Crippen LogP contribution in [0.3, 0.4) is 0 Å². The number of likely N-dealkylation sites (tertiary alicyclic amines) is 1. The molecule has 2 aromatic rings. The maximum Gasteiger partial charge on any atom is 0.257 e. The van der Waals surface area contributed by atoms with E-state index in [-0.39, 0.29) is 5.91 Å². The summed E-state index contributed by atoms with van der Waals surface area (Å²) in [6.45, 7) is 4.00. The molecule has 0 unspecified atom stereocenters. The first-order chi connectivity index (χ1) is 11.1. The highest BCUT2D eigenvalue weighted by Gasteiger charge is 2.24. The molecule has 1 atom stereocenters. The summed E-state index contributed by atoms with van der Waals surface area (Å²) in [5.74, 6) is 1.35. The summed E-state index contributed by atoms with van der Waals surface area (Å²) >= 11 is 0. The third-order valence-corrected chi connectivity index (χ3v) is 4.34. The van der Waals surface area contributed by atoms with Crippen LogP contribution in [0, 0.1) is 6.92 Å². The first kappa shape index (κ1) is 15.7. The molecule has 1 aliphatic heterocycles. The lowest BCUT2D eigenvalue weighted by Gasteiger charge is -2.26. The monoisotopic (exact) mass is 318 g/mol. The van der Waals surface area contributed by atoms with E-state index in [1.807, 2.05) is 4.90 Å². The lowest BCUT2D eigenvalue weighted by atomic mass is 10.1. The second kappa shape index (κ2) is 6.95. The van der Waals surface area contributed by atoms with Gasteiger partial charge in [0.15, 0.2) is 5.82 Å². The average molecular weight is 318 g/mol. The molecule has 1 amide bonds. The number of rotatable bonds is 4. The smallest absolute Gasteiger partial charge is 0.257 e. The number of aromatic nitrogens is 2. The topological polar surface area (TPSA) is 75.6 Å². The highest BCUT2D eigenvalue weighted by molar-refractivity contribution is 5.93. The first-order valence-electron chi connectivity index (χ1n) is 7.94. The van der Waals surface area contributed by atoms with Gasteiger partial charge in [0, 0.05) is 26.1 Å². The molecule has 2 aromatic heterocycles. The quantitative estimate of drug-likeness (QED) is 0.859. The van der Waals surface area contributed by atoms with Gasteiger partial charge in [0.25, 0.3) is 5.91 Å². The number of hydrogen-bond donors (Lipinski definition) is 0. The van der Waals surface area contributed by atoms with Crippen molar-refractivity contribution >= 4 is 5.91 Å². The molecular weight excluding hydrogens is 296 g/mol. The van der Waals surface area contributed by atoms with Crippen molar-refractivity contribution in [2.24, 2.45) is 0 Å². The van der Waals surface area contributed by atoms with E-state index < -0.39 is 0 Å². The number of furan rings is 1. The van der Waals surface area contributed by atoms with Crippen molar-refractivity contribution in [2.45, 2.75) is 38.8 Å². The van der Waals surface area contributed by atoms with Crippen molar-refractivity contribution in [2.75, 3.05) is 20.1 Å². The van der Waals surface area contributed by atoms with Crippen LogP contribution in [0.5, 0.6) is 0 Å². The second-order valence-corrected chi connectivity index (χ2v) is 6.03. The summed E-state index contributed by atoms with van der Waals surface area (Å²) in [5.41, 5.74) is 0.624. The molecule has 1 fully saturated rings. The Morgan fingerprint density at radius 1 is 1.43 bits per heavy atom. The number of carbonyl (C=O) groups is 1. The summed E-state index contributed by atoms with van der Waals surface area (Å²) in [6.07, 6.45) is 6.03. The van der Waals surface area contributed by atoms with Gasteiger partial charge in [-0.2, -0.15) is 4.98 Å². The minimum atomic E-state index is 0.0517. The predicted octanol–water partition coefficient (Wildman–Crippen LogP) is 2.10. The number of amides is 1. The lowest BCUT2D eigenvalue weighted by molar-refractivity contribution is 0.0756.